The van der Waals surface area contributed by atoms with Crippen LogP contribution in [0, 0.1) is 6.92 Å². The summed E-state index contributed by atoms with van der Waals surface area (Å²) in [5, 5.41) is 0. The average molecular weight is 187 g/mol. The Bertz CT molecular complexity index is 418. The number of hydrogen-bond donors (Lipinski definition) is 1. The van der Waals surface area contributed by atoms with Crippen molar-refractivity contribution in [1.82, 2.24) is 9.55 Å². The number of imidazole rings is 1. The van der Waals surface area contributed by atoms with Gasteiger partial charge in [0.25, 0.3) is 0 Å². The minimum Gasteiger partial charge on any atom is -0.399 e. The lowest BCUT2D eigenvalue weighted by atomic mass is 10.1. The molecule has 0 spiro atoms. The fourth-order valence-corrected chi connectivity index (χ4v) is 1.44. The highest BCUT2D eigenvalue weighted by Crippen LogP contribution is 2.13. The third-order valence-corrected chi connectivity index (χ3v) is 2.29. The van der Waals surface area contributed by atoms with Crippen LogP contribution >= 0.6 is 0 Å². The van der Waals surface area contributed by atoms with E-state index in [1.54, 1.807) is 6.20 Å². The predicted octanol–water partition coefficient (Wildman–Crippen LogP) is 1.82. The molecule has 0 saturated carbocycles. The molecule has 0 amide bonds. The fourth-order valence-electron chi connectivity index (χ4n) is 1.44. The van der Waals surface area contributed by atoms with Crippen molar-refractivity contribution in [2.75, 3.05) is 5.73 Å². The predicted molar refractivity (Wildman–Crippen MR) is 56.9 cm³/mol. The zero-order chi connectivity index (χ0) is 9.97. The van der Waals surface area contributed by atoms with E-state index in [4.69, 9.17) is 5.73 Å². The van der Waals surface area contributed by atoms with E-state index < -0.39 is 0 Å². The van der Waals surface area contributed by atoms with E-state index in [0.29, 0.717) is 0 Å². The zero-order valence-corrected chi connectivity index (χ0v) is 8.14. The second-order valence-corrected chi connectivity index (χ2v) is 3.42. The Balaban J connectivity index is 2.28. The third kappa shape index (κ3) is 1.76. The minimum atomic E-state index is 0.811. The number of nitrogens with zero attached hydrogens (tertiary/aromatic N) is 2. The Morgan fingerprint density at radius 2 is 2.29 bits per heavy atom. The molecule has 1 heterocycles. The van der Waals surface area contributed by atoms with E-state index in [9.17, 15) is 0 Å². The molecule has 2 N–H and O–H groups in total. The molecule has 0 fully saturated rings. The van der Waals surface area contributed by atoms with Crippen molar-refractivity contribution in [2.45, 2.75) is 13.5 Å². The molecule has 2 rings (SSSR count). The summed E-state index contributed by atoms with van der Waals surface area (Å²) in [5.41, 5.74) is 9.04. The molecule has 0 saturated heterocycles. The second-order valence-electron chi connectivity index (χ2n) is 3.42. The number of hydrogen-bond acceptors (Lipinski definition) is 2. The summed E-state index contributed by atoms with van der Waals surface area (Å²) in [5.74, 6) is 0. The Kier molecular flexibility index (Phi) is 2.23. The molecule has 14 heavy (non-hydrogen) atoms. The molecule has 0 aliphatic carbocycles. The number of nitrogen functional groups attached to an aromatic ring is 1. The van der Waals surface area contributed by atoms with Crippen LogP contribution in [0.25, 0.3) is 0 Å². The standard InChI is InChI=1S/C11H13N3/c1-9-2-3-11(12)6-10(9)7-14-5-4-13-8-14/h2-6,8H,7,12H2,1H3. The maximum absolute atomic E-state index is 5.73. The van der Waals surface area contributed by atoms with Crippen LogP contribution < -0.4 is 5.73 Å². The molecule has 1 aromatic heterocycles. The quantitative estimate of drug-likeness (QED) is 0.729. The number of nitrogens with two attached hydrogens (primary N) is 1. The highest BCUT2D eigenvalue weighted by Gasteiger charge is 1.99. The zero-order valence-electron chi connectivity index (χ0n) is 8.14. The molecule has 2 aromatic rings. The van der Waals surface area contributed by atoms with Gasteiger partial charge in [0, 0.05) is 24.6 Å². The lowest BCUT2D eigenvalue weighted by Crippen LogP contribution is -1.99. The number of aromatic nitrogens is 2. The maximum Gasteiger partial charge on any atom is 0.0949 e. The van der Waals surface area contributed by atoms with Gasteiger partial charge < -0.3 is 10.3 Å². The van der Waals surface area contributed by atoms with Crippen molar-refractivity contribution in [3.05, 3.63) is 48.0 Å². The van der Waals surface area contributed by atoms with Crippen molar-refractivity contribution in [2.24, 2.45) is 0 Å². The first kappa shape index (κ1) is 8.81. The van der Waals surface area contributed by atoms with Gasteiger partial charge in [-0.05, 0) is 30.2 Å². The number of anilines is 1. The van der Waals surface area contributed by atoms with Gasteiger partial charge in [0.2, 0.25) is 0 Å². The van der Waals surface area contributed by atoms with Crippen molar-refractivity contribution in [3.63, 3.8) is 0 Å². The average Bonchev–Trinajstić information content (AvgIpc) is 2.64. The van der Waals surface area contributed by atoms with E-state index in [1.807, 2.05) is 35.3 Å². The summed E-state index contributed by atoms with van der Waals surface area (Å²) in [7, 11) is 0. The van der Waals surface area contributed by atoms with Gasteiger partial charge in [0.15, 0.2) is 0 Å². The van der Waals surface area contributed by atoms with E-state index in [-0.39, 0.29) is 0 Å². The maximum atomic E-state index is 5.73. The first-order valence-corrected chi connectivity index (χ1v) is 4.56. The van der Waals surface area contributed by atoms with Crippen LogP contribution in [0.3, 0.4) is 0 Å². The largest absolute Gasteiger partial charge is 0.399 e. The van der Waals surface area contributed by atoms with Gasteiger partial charge in [-0.1, -0.05) is 6.07 Å². The summed E-state index contributed by atoms with van der Waals surface area (Å²) in [6.07, 6.45) is 5.53. The number of aryl methyl sites for hydroxylation is 1. The minimum absolute atomic E-state index is 0.811. The van der Waals surface area contributed by atoms with Gasteiger partial charge in [-0.15, -0.1) is 0 Å². The number of benzene rings is 1. The number of rotatable bonds is 2. The van der Waals surface area contributed by atoms with Crippen molar-refractivity contribution in [3.8, 4) is 0 Å². The summed E-state index contributed by atoms with van der Waals surface area (Å²) < 4.78 is 2.03. The molecule has 72 valence electrons. The van der Waals surface area contributed by atoms with Crippen molar-refractivity contribution in [1.29, 1.82) is 0 Å². The molecule has 1 aromatic carbocycles. The van der Waals surface area contributed by atoms with E-state index in [0.717, 1.165) is 12.2 Å². The van der Waals surface area contributed by atoms with Crippen LogP contribution in [0.2, 0.25) is 0 Å². The van der Waals surface area contributed by atoms with E-state index in [1.165, 1.54) is 11.1 Å². The molecular formula is C11H13N3. The lowest BCUT2D eigenvalue weighted by molar-refractivity contribution is 0.792. The monoisotopic (exact) mass is 187 g/mol. The SMILES string of the molecule is Cc1ccc(N)cc1Cn1ccnc1. The molecular weight excluding hydrogens is 174 g/mol. The second kappa shape index (κ2) is 3.54. The van der Waals surface area contributed by atoms with Gasteiger partial charge in [-0.25, -0.2) is 4.98 Å². The third-order valence-electron chi connectivity index (χ3n) is 2.29. The molecule has 0 aliphatic heterocycles. The lowest BCUT2D eigenvalue weighted by Gasteiger charge is -2.07. The van der Waals surface area contributed by atoms with Crippen LogP contribution in [-0.4, -0.2) is 9.55 Å². The van der Waals surface area contributed by atoms with Crippen LogP contribution in [0.1, 0.15) is 11.1 Å². The summed E-state index contributed by atoms with van der Waals surface area (Å²) in [6, 6.07) is 5.98. The molecule has 0 unspecified atom stereocenters. The van der Waals surface area contributed by atoms with Gasteiger partial charge in [0.1, 0.15) is 0 Å². The van der Waals surface area contributed by atoms with Crippen molar-refractivity contribution >= 4 is 5.69 Å². The van der Waals surface area contributed by atoms with Gasteiger partial charge >= 0.3 is 0 Å². The topological polar surface area (TPSA) is 43.8 Å². The van der Waals surface area contributed by atoms with Crippen LogP contribution in [0.4, 0.5) is 5.69 Å². The van der Waals surface area contributed by atoms with Gasteiger partial charge in [0.05, 0.1) is 6.33 Å². The van der Waals surface area contributed by atoms with Crippen LogP contribution in [0.15, 0.2) is 36.9 Å². The Morgan fingerprint density at radius 1 is 1.43 bits per heavy atom. The molecule has 0 radical (unpaired) electrons. The Morgan fingerprint density at radius 3 is 3.00 bits per heavy atom. The fraction of sp³-hybridized carbons (Fsp3) is 0.182. The smallest absolute Gasteiger partial charge is 0.0949 e. The Hall–Kier alpha value is -1.77. The van der Waals surface area contributed by atoms with Crippen LogP contribution in [0.5, 0.6) is 0 Å². The summed E-state index contributed by atoms with van der Waals surface area (Å²) in [6.45, 7) is 2.92. The van der Waals surface area contributed by atoms with Crippen LogP contribution in [-0.2, 0) is 6.54 Å². The first-order valence-electron chi connectivity index (χ1n) is 4.56. The van der Waals surface area contributed by atoms with E-state index in [2.05, 4.69) is 11.9 Å². The molecule has 3 nitrogen and oxygen atoms in total. The van der Waals surface area contributed by atoms with Gasteiger partial charge in [-0.3, -0.25) is 0 Å². The highest BCUT2D eigenvalue weighted by atomic mass is 15.0. The Labute approximate surface area is 83.2 Å². The molecule has 0 aliphatic rings. The highest BCUT2D eigenvalue weighted by molar-refractivity contribution is 5.44. The first-order chi connectivity index (χ1) is 6.75. The molecule has 0 atom stereocenters. The van der Waals surface area contributed by atoms with Gasteiger partial charge in [-0.2, -0.15) is 0 Å². The molecule has 0 bridgehead atoms. The molecule has 3 heteroatoms. The normalized spacial score (nSPS) is 10.4. The van der Waals surface area contributed by atoms with Crippen molar-refractivity contribution < 1.29 is 0 Å². The summed E-state index contributed by atoms with van der Waals surface area (Å²) >= 11 is 0. The van der Waals surface area contributed by atoms with E-state index >= 15 is 0 Å². The summed E-state index contributed by atoms with van der Waals surface area (Å²) in [4.78, 5) is 4.00.